The van der Waals surface area contributed by atoms with E-state index in [0.717, 1.165) is 27.7 Å². The molecule has 1 N–H and O–H groups in total. The maximum atomic E-state index is 14.7. The number of thioether (sulfide) groups is 1. The van der Waals surface area contributed by atoms with Gasteiger partial charge >= 0.3 is 0 Å². The minimum Gasteiger partial charge on any atom is -0.382 e. The van der Waals surface area contributed by atoms with Crippen LogP contribution in [-0.4, -0.2) is 30.1 Å². The third kappa shape index (κ3) is 5.12. The van der Waals surface area contributed by atoms with Gasteiger partial charge in [0.05, 0.1) is 12.2 Å². The zero-order chi connectivity index (χ0) is 22.6. The summed E-state index contributed by atoms with van der Waals surface area (Å²) in [5.74, 6) is -1.52. The van der Waals surface area contributed by atoms with Gasteiger partial charge in [-0.1, -0.05) is 54.2 Å². The Balaban J connectivity index is 1.57. The fourth-order valence-corrected chi connectivity index (χ4v) is 5.40. The molecule has 9 heteroatoms. The van der Waals surface area contributed by atoms with Gasteiger partial charge in [0.25, 0.3) is 0 Å². The first-order valence-corrected chi connectivity index (χ1v) is 11.6. The summed E-state index contributed by atoms with van der Waals surface area (Å²) in [5.41, 5.74) is 0.176. The Bertz CT molecular complexity index is 1200. The third-order valence-electron chi connectivity index (χ3n) is 4.96. The van der Waals surface area contributed by atoms with Gasteiger partial charge < -0.3 is 5.11 Å². The topological polar surface area (TPSA) is 63.8 Å². The monoisotopic (exact) mass is 470 g/mol. The number of aromatic nitrogens is 4. The molecule has 0 saturated heterocycles. The molecule has 0 bridgehead atoms. The summed E-state index contributed by atoms with van der Waals surface area (Å²) in [7, 11) is 0. The molecule has 2 unspecified atom stereocenters. The van der Waals surface area contributed by atoms with Crippen LogP contribution < -0.4 is 0 Å². The molecule has 0 aliphatic carbocycles. The van der Waals surface area contributed by atoms with Gasteiger partial charge in [0.1, 0.15) is 29.9 Å². The van der Waals surface area contributed by atoms with E-state index in [1.54, 1.807) is 6.92 Å². The van der Waals surface area contributed by atoms with Crippen LogP contribution in [0.3, 0.4) is 0 Å². The van der Waals surface area contributed by atoms with Crippen LogP contribution in [0.2, 0.25) is 0 Å². The summed E-state index contributed by atoms with van der Waals surface area (Å²) in [5, 5.41) is 17.0. The molecule has 0 aliphatic rings. The maximum absolute atomic E-state index is 14.7. The second kappa shape index (κ2) is 9.72. The van der Waals surface area contributed by atoms with E-state index < -0.39 is 22.5 Å². The molecule has 0 amide bonds. The standard InChI is InChI=1S/C23H20F2N4OS2/c1-16(32-22-28-19(12-31-22)9-7-17-5-3-2-4-6-17)23(30,13-29-15-26-14-27-29)20-10-8-18(24)11-21(20)25/h2-12,14-16,30H,13H2,1H3/b9-7+. The third-order valence-corrected chi connectivity index (χ3v) is 7.23. The number of hydrogen-bond donors (Lipinski definition) is 1. The second-order valence-electron chi connectivity index (χ2n) is 7.18. The molecule has 2 aromatic carbocycles. The lowest BCUT2D eigenvalue weighted by molar-refractivity contribution is 0.0133. The Morgan fingerprint density at radius 1 is 1.19 bits per heavy atom. The van der Waals surface area contributed by atoms with Crippen molar-refractivity contribution in [3.63, 3.8) is 0 Å². The minimum atomic E-state index is -1.68. The molecule has 0 spiro atoms. The molecular weight excluding hydrogens is 450 g/mol. The van der Waals surface area contributed by atoms with Gasteiger partial charge in [0, 0.05) is 22.3 Å². The second-order valence-corrected chi connectivity index (χ2v) is 9.63. The number of halogens is 2. The van der Waals surface area contributed by atoms with E-state index in [2.05, 4.69) is 15.1 Å². The molecule has 4 rings (SSSR count). The summed E-state index contributed by atoms with van der Waals surface area (Å²) in [6.07, 6.45) is 6.68. The Hall–Kier alpha value is -2.88. The van der Waals surface area contributed by atoms with Gasteiger partial charge in [-0.3, -0.25) is 0 Å². The van der Waals surface area contributed by atoms with Gasteiger partial charge in [-0.2, -0.15) is 5.10 Å². The smallest absolute Gasteiger partial charge is 0.150 e. The zero-order valence-corrected chi connectivity index (χ0v) is 18.7. The largest absolute Gasteiger partial charge is 0.382 e. The Labute approximate surface area is 192 Å². The van der Waals surface area contributed by atoms with Crippen LogP contribution in [0.4, 0.5) is 8.78 Å². The fourth-order valence-electron chi connectivity index (χ4n) is 3.23. The van der Waals surface area contributed by atoms with E-state index >= 15 is 0 Å². The van der Waals surface area contributed by atoms with E-state index in [-0.39, 0.29) is 12.1 Å². The van der Waals surface area contributed by atoms with Crippen molar-refractivity contribution < 1.29 is 13.9 Å². The van der Waals surface area contributed by atoms with Crippen LogP contribution in [0.1, 0.15) is 23.7 Å². The molecule has 0 saturated carbocycles. The van der Waals surface area contributed by atoms with Gasteiger partial charge in [-0.25, -0.2) is 23.4 Å². The lowest BCUT2D eigenvalue weighted by Gasteiger charge is -2.34. The molecule has 0 radical (unpaired) electrons. The molecule has 2 heterocycles. The van der Waals surface area contributed by atoms with Crippen molar-refractivity contribution in [2.75, 3.05) is 0 Å². The van der Waals surface area contributed by atoms with E-state index in [9.17, 15) is 13.9 Å². The molecular formula is C23H20F2N4OS2. The number of thiazole rings is 1. The van der Waals surface area contributed by atoms with E-state index in [4.69, 9.17) is 0 Å². The number of hydrogen-bond acceptors (Lipinski definition) is 6. The number of rotatable bonds is 8. The van der Waals surface area contributed by atoms with E-state index in [1.165, 1.54) is 46.5 Å². The average Bonchev–Trinajstić information content (AvgIpc) is 3.45. The predicted molar refractivity (Wildman–Crippen MR) is 123 cm³/mol. The average molecular weight is 471 g/mol. The minimum absolute atomic E-state index is 0.00449. The molecule has 32 heavy (non-hydrogen) atoms. The van der Waals surface area contributed by atoms with Gasteiger partial charge in [0.15, 0.2) is 4.34 Å². The van der Waals surface area contributed by atoms with Gasteiger partial charge in [0.2, 0.25) is 0 Å². The lowest BCUT2D eigenvalue weighted by Crippen LogP contribution is -2.41. The highest BCUT2D eigenvalue weighted by Gasteiger charge is 2.40. The SMILES string of the molecule is CC(Sc1nc(/C=C/c2ccccc2)cs1)C(O)(Cn1cncn1)c1ccc(F)cc1F. The summed E-state index contributed by atoms with van der Waals surface area (Å²) in [4.78, 5) is 8.49. The summed E-state index contributed by atoms with van der Waals surface area (Å²) in [6, 6.07) is 13.1. The van der Waals surface area contributed by atoms with Crippen LogP contribution in [-0.2, 0) is 12.1 Å². The van der Waals surface area contributed by atoms with Crippen molar-refractivity contribution in [1.29, 1.82) is 0 Å². The van der Waals surface area contributed by atoms with Crippen molar-refractivity contribution in [3.05, 3.63) is 95.0 Å². The molecule has 164 valence electrons. The highest BCUT2D eigenvalue weighted by molar-refractivity contribution is 8.01. The van der Waals surface area contributed by atoms with Crippen molar-refractivity contribution in [3.8, 4) is 0 Å². The normalized spacial score (nSPS) is 14.5. The van der Waals surface area contributed by atoms with Gasteiger partial charge in [-0.05, 0) is 24.6 Å². The van der Waals surface area contributed by atoms with Crippen LogP contribution in [0.15, 0.2) is 70.9 Å². The number of aliphatic hydroxyl groups is 1. The van der Waals surface area contributed by atoms with Crippen molar-refractivity contribution in [2.24, 2.45) is 0 Å². The van der Waals surface area contributed by atoms with Crippen LogP contribution in [0.5, 0.6) is 0 Å². The summed E-state index contributed by atoms with van der Waals surface area (Å²) < 4.78 is 30.3. The first kappa shape index (κ1) is 22.3. The predicted octanol–water partition coefficient (Wildman–Crippen LogP) is 5.25. The lowest BCUT2D eigenvalue weighted by atomic mass is 9.90. The molecule has 2 aromatic heterocycles. The molecule has 0 fully saturated rings. The zero-order valence-electron chi connectivity index (χ0n) is 17.1. The Morgan fingerprint density at radius 3 is 2.72 bits per heavy atom. The van der Waals surface area contributed by atoms with Crippen molar-refractivity contribution in [2.45, 2.75) is 28.7 Å². The summed E-state index contributed by atoms with van der Waals surface area (Å²) in [6.45, 7) is 1.74. The fraction of sp³-hybridized carbons (Fsp3) is 0.174. The van der Waals surface area contributed by atoms with Crippen LogP contribution in [0.25, 0.3) is 12.2 Å². The van der Waals surface area contributed by atoms with Crippen LogP contribution >= 0.6 is 23.1 Å². The quantitative estimate of drug-likeness (QED) is 0.356. The highest BCUT2D eigenvalue weighted by Crippen LogP contribution is 2.40. The van der Waals surface area contributed by atoms with E-state index in [0.29, 0.717) is 0 Å². The maximum Gasteiger partial charge on any atom is 0.150 e. The van der Waals surface area contributed by atoms with Crippen LogP contribution in [0, 0.1) is 11.6 Å². The van der Waals surface area contributed by atoms with Crippen molar-refractivity contribution in [1.82, 2.24) is 19.7 Å². The Morgan fingerprint density at radius 2 is 2.00 bits per heavy atom. The molecule has 5 nitrogen and oxygen atoms in total. The number of nitrogens with zero attached hydrogens (tertiary/aromatic N) is 4. The molecule has 2 atom stereocenters. The van der Waals surface area contributed by atoms with E-state index in [1.807, 2.05) is 47.9 Å². The Kier molecular flexibility index (Phi) is 6.78. The van der Waals surface area contributed by atoms with Crippen molar-refractivity contribution >= 4 is 35.3 Å². The van der Waals surface area contributed by atoms with Gasteiger partial charge in [-0.15, -0.1) is 11.3 Å². The number of benzene rings is 2. The first-order chi connectivity index (χ1) is 15.4. The highest BCUT2D eigenvalue weighted by atomic mass is 32.2. The molecule has 4 aromatic rings. The first-order valence-electron chi connectivity index (χ1n) is 9.80. The molecule has 0 aliphatic heterocycles. The summed E-state index contributed by atoms with van der Waals surface area (Å²) >= 11 is 2.76.